The molecule has 0 atom stereocenters. The first kappa shape index (κ1) is 24.2. The van der Waals surface area contributed by atoms with Crippen molar-refractivity contribution >= 4 is 32.3 Å². The fourth-order valence-electron chi connectivity index (χ4n) is 3.71. The molecule has 1 amide bonds. The lowest BCUT2D eigenvalue weighted by Crippen LogP contribution is -2.18. The molecule has 3 aromatic rings. The summed E-state index contributed by atoms with van der Waals surface area (Å²) in [5.74, 6) is 1.48. The molecule has 180 valence electrons. The number of aromatic nitrogens is 1. The minimum absolute atomic E-state index is 0.175. The van der Waals surface area contributed by atoms with E-state index in [0.29, 0.717) is 31.0 Å². The highest BCUT2D eigenvalue weighted by molar-refractivity contribution is 7.90. The number of ether oxygens (including phenoxy) is 1. The maximum Gasteiger partial charge on any atom is 0.255 e. The Morgan fingerprint density at radius 1 is 1.15 bits per heavy atom. The average Bonchev–Trinajstić information content (AvgIpc) is 3.63. The van der Waals surface area contributed by atoms with Crippen molar-refractivity contribution in [3.8, 4) is 5.75 Å². The molecule has 0 saturated heterocycles. The van der Waals surface area contributed by atoms with E-state index in [1.54, 1.807) is 12.1 Å². The second-order valence-electron chi connectivity index (χ2n) is 9.05. The summed E-state index contributed by atoms with van der Waals surface area (Å²) in [5.41, 5.74) is 4.06. The number of rotatable bonds is 11. The zero-order chi connectivity index (χ0) is 24.1. The molecule has 7 nitrogen and oxygen atoms in total. The third kappa shape index (κ3) is 6.77. The van der Waals surface area contributed by atoms with Gasteiger partial charge in [-0.15, -0.1) is 0 Å². The van der Waals surface area contributed by atoms with Crippen molar-refractivity contribution in [1.82, 2.24) is 10.3 Å². The van der Waals surface area contributed by atoms with Gasteiger partial charge in [-0.25, -0.2) is 8.42 Å². The van der Waals surface area contributed by atoms with Crippen molar-refractivity contribution in [3.05, 3.63) is 65.4 Å². The topological polar surface area (TPSA) is 97.4 Å². The van der Waals surface area contributed by atoms with E-state index in [0.717, 1.165) is 40.1 Å². The summed E-state index contributed by atoms with van der Waals surface area (Å²) in [4.78, 5) is 17.4. The molecular weight excluding hydrogens is 450 g/mol. The summed E-state index contributed by atoms with van der Waals surface area (Å²) in [7, 11) is -2.93. The van der Waals surface area contributed by atoms with Crippen LogP contribution in [0.1, 0.15) is 40.7 Å². The lowest BCUT2D eigenvalue weighted by atomic mass is 10.1. The third-order valence-corrected chi connectivity index (χ3v) is 6.94. The molecule has 1 heterocycles. The average molecular weight is 482 g/mol. The number of amides is 1. The molecule has 34 heavy (non-hydrogen) atoms. The van der Waals surface area contributed by atoms with Crippen LogP contribution in [0.5, 0.6) is 5.75 Å². The molecule has 0 aliphatic heterocycles. The fraction of sp³-hybridized carbons (Fsp3) is 0.385. The van der Waals surface area contributed by atoms with Crippen molar-refractivity contribution in [2.75, 3.05) is 30.5 Å². The Labute approximate surface area is 200 Å². The van der Waals surface area contributed by atoms with E-state index >= 15 is 0 Å². The molecule has 2 N–H and O–H groups in total. The smallest absolute Gasteiger partial charge is 0.255 e. The van der Waals surface area contributed by atoms with Crippen LogP contribution in [0.25, 0.3) is 10.9 Å². The number of hydrogen-bond donors (Lipinski definition) is 2. The van der Waals surface area contributed by atoms with Gasteiger partial charge in [-0.1, -0.05) is 6.07 Å². The number of aryl methyl sites for hydroxylation is 1. The van der Waals surface area contributed by atoms with Gasteiger partial charge in [0.2, 0.25) is 0 Å². The van der Waals surface area contributed by atoms with Gasteiger partial charge in [0.05, 0.1) is 17.9 Å². The number of benzene rings is 2. The zero-order valence-corrected chi connectivity index (χ0v) is 20.5. The highest BCUT2D eigenvalue weighted by Gasteiger charge is 2.21. The summed E-state index contributed by atoms with van der Waals surface area (Å²) in [6, 6.07) is 13.1. The van der Waals surface area contributed by atoms with Crippen molar-refractivity contribution in [2.24, 2.45) is 5.92 Å². The first-order valence-electron chi connectivity index (χ1n) is 11.6. The van der Waals surface area contributed by atoms with Crippen molar-refractivity contribution < 1.29 is 17.9 Å². The number of carbonyl (C=O) groups is 1. The van der Waals surface area contributed by atoms with Gasteiger partial charge in [-0.2, -0.15) is 0 Å². The highest BCUT2D eigenvalue weighted by atomic mass is 32.2. The number of nitrogens with one attached hydrogen (secondary N) is 2. The van der Waals surface area contributed by atoms with Crippen molar-refractivity contribution in [1.29, 1.82) is 0 Å². The fourth-order valence-corrected chi connectivity index (χ4v) is 4.38. The van der Waals surface area contributed by atoms with Crippen molar-refractivity contribution in [3.63, 3.8) is 0 Å². The lowest BCUT2D eigenvalue weighted by Gasteiger charge is -2.12. The highest BCUT2D eigenvalue weighted by Crippen LogP contribution is 2.30. The Kier molecular flexibility index (Phi) is 7.48. The summed E-state index contributed by atoms with van der Waals surface area (Å²) in [6.45, 7) is 3.94. The normalized spacial score (nSPS) is 13.7. The monoisotopic (exact) mass is 481 g/mol. The van der Waals surface area contributed by atoms with Crippen LogP contribution >= 0.6 is 0 Å². The standard InChI is InChI=1S/C26H31N3O4S/c1-18-24(29-26(30)21-6-9-23(10-7-21)33-17-19-4-5-19)11-8-22-14-20(16-28-25(18)22)15-27-12-3-13-34(2,31)32/h6-11,14,16,19,27H,3-5,12-13,15,17H2,1-2H3,(H,29,30). The van der Waals surface area contributed by atoms with Gasteiger partial charge in [-0.05, 0) is 86.2 Å². The lowest BCUT2D eigenvalue weighted by molar-refractivity contribution is 0.102. The summed E-state index contributed by atoms with van der Waals surface area (Å²) >= 11 is 0. The van der Waals surface area contributed by atoms with Gasteiger partial charge >= 0.3 is 0 Å². The SMILES string of the molecule is Cc1c(NC(=O)c2ccc(OCC3CC3)cc2)ccc2cc(CNCCCS(C)(=O)=O)cnc12. The minimum atomic E-state index is -2.93. The van der Waals surface area contributed by atoms with Crippen LogP contribution in [-0.2, 0) is 16.4 Å². The van der Waals surface area contributed by atoms with Crippen LogP contribution in [0.15, 0.2) is 48.7 Å². The number of pyridine rings is 1. The number of fused-ring (bicyclic) bond motifs is 1. The quantitative estimate of drug-likeness (QED) is 0.400. The molecule has 0 unspecified atom stereocenters. The maximum atomic E-state index is 12.8. The Morgan fingerprint density at radius 2 is 1.91 bits per heavy atom. The van der Waals surface area contributed by atoms with E-state index < -0.39 is 9.84 Å². The summed E-state index contributed by atoms with van der Waals surface area (Å²) in [6.07, 6.45) is 6.13. The van der Waals surface area contributed by atoms with Crippen LogP contribution in [0.3, 0.4) is 0 Å². The number of sulfone groups is 1. The minimum Gasteiger partial charge on any atom is -0.493 e. The Bertz CT molecular complexity index is 1270. The van der Waals surface area contributed by atoms with Gasteiger partial charge in [0.25, 0.3) is 5.91 Å². The molecule has 1 aromatic heterocycles. The van der Waals surface area contributed by atoms with Gasteiger partial charge in [0.15, 0.2) is 0 Å². The van der Waals surface area contributed by atoms with Crippen LogP contribution in [0.2, 0.25) is 0 Å². The first-order chi connectivity index (χ1) is 16.3. The second-order valence-corrected chi connectivity index (χ2v) is 11.3. The molecule has 1 saturated carbocycles. The largest absolute Gasteiger partial charge is 0.493 e. The predicted molar refractivity (Wildman–Crippen MR) is 135 cm³/mol. The molecule has 1 fully saturated rings. The first-order valence-corrected chi connectivity index (χ1v) is 13.7. The number of hydrogen-bond acceptors (Lipinski definition) is 6. The Hall–Kier alpha value is -2.97. The molecule has 2 aromatic carbocycles. The number of nitrogens with zero attached hydrogens (tertiary/aromatic N) is 1. The maximum absolute atomic E-state index is 12.8. The van der Waals surface area contributed by atoms with Crippen LogP contribution in [-0.4, -0.2) is 44.5 Å². The van der Waals surface area contributed by atoms with E-state index in [9.17, 15) is 13.2 Å². The number of anilines is 1. The Morgan fingerprint density at radius 3 is 2.62 bits per heavy atom. The van der Waals surface area contributed by atoms with E-state index in [1.807, 2.05) is 37.4 Å². The summed E-state index contributed by atoms with van der Waals surface area (Å²) in [5, 5.41) is 7.24. The van der Waals surface area contributed by atoms with E-state index in [1.165, 1.54) is 19.1 Å². The van der Waals surface area contributed by atoms with Gasteiger partial charge < -0.3 is 15.4 Å². The van der Waals surface area contributed by atoms with E-state index in [4.69, 9.17) is 4.74 Å². The van der Waals surface area contributed by atoms with E-state index in [-0.39, 0.29) is 11.7 Å². The van der Waals surface area contributed by atoms with Crippen LogP contribution < -0.4 is 15.4 Å². The number of carbonyl (C=O) groups excluding carboxylic acids is 1. The van der Waals surface area contributed by atoms with Crippen molar-refractivity contribution in [2.45, 2.75) is 32.7 Å². The van der Waals surface area contributed by atoms with Gasteiger partial charge in [0.1, 0.15) is 15.6 Å². The van der Waals surface area contributed by atoms with Gasteiger partial charge in [0, 0.05) is 35.6 Å². The molecular formula is C26H31N3O4S. The zero-order valence-electron chi connectivity index (χ0n) is 19.6. The third-order valence-electron chi connectivity index (χ3n) is 5.91. The van der Waals surface area contributed by atoms with Gasteiger partial charge in [-0.3, -0.25) is 9.78 Å². The molecule has 4 rings (SSSR count). The molecule has 0 radical (unpaired) electrons. The molecule has 8 heteroatoms. The second kappa shape index (κ2) is 10.5. The predicted octanol–water partition coefficient (Wildman–Crippen LogP) is 4.11. The molecule has 1 aliphatic rings. The Balaban J connectivity index is 1.35. The van der Waals surface area contributed by atoms with Crippen LogP contribution in [0.4, 0.5) is 5.69 Å². The van der Waals surface area contributed by atoms with Crippen LogP contribution in [0, 0.1) is 12.8 Å². The molecule has 0 spiro atoms. The molecule has 0 bridgehead atoms. The van der Waals surface area contributed by atoms with E-state index in [2.05, 4.69) is 21.7 Å². The summed E-state index contributed by atoms with van der Waals surface area (Å²) < 4.78 is 28.2. The molecule has 1 aliphatic carbocycles.